The van der Waals surface area contributed by atoms with E-state index in [9.17, 15) is 4.79 Å². The molecule has 0 unspecified atom stereocenters. The van der Waals surface area contributed by atoms with Gasteiger partial charge < -0.3 is 18.9 Å². The van der Waals surface area contributed by atoms with Gasteiger partial charge in [-0.1, -0.05) is 36.1 Å². The molecule has 0 aromatic heterocycles. The molecular formula is C21H20BrNO5S2. The number of carbonyl (C=O) groups is 1. The molecule has 30 heavy (non-hydrogen) atoms. The molecule has 1 aliphatic heterocycles. The Labute approximate surface area is 193 Å². The molecule has 1 heterocycles. The minimum Gasteiger partial charge on any atom is -0.493 e. The molecule has 2 aromatic carbocycles. The van der Waals surface area contributed by atoms with Gasteiger partial charge in [-0.2, -0.15) is 0 Å². The van der Waals surface area contributed by atoms with Gasteiger partial charge >= 0.3 is 0 Å². The molecule has 1 saturated heterocycles. The van der Waals surface area contributed by atoms with Gasteiger partial charge in [0.1, 0.15) is 17.5 Å². The molecule has 1 amide bonds. The van der Waals surface area contributed by atoms with Crippen LogP contribution in [-0.2, 0) is 4.79 Å². The smallest absolute Gasteiger partial charge is 0.265 e. The number of hydrogen-bond donors (Lipinski definition) is 0. The van der Waals surface area contributed by atoms with E-state index in [2.05, 4.69) is 15.9 Å². The standard InChI is InChI=1S/C21H20BrNO5S2/c1-23-20(24)18(30-21(23)29)12-13-10-14(22)19(17(11-13)26-3)28-9-8-27-16-7-5-4-6-15(16)25-2/h4-7,10-12H,8-9H2,1-3H3. The van der Waals surface area contributed by atoms with Crippen molar-refractivity contribution in [3.63, 3.8) is 0 Å². The molecule has 158 valence electrons. The van der Waals surface area contributed by atoms with Crippen molar-refractivity contribution < 1.29 is 23.7 Å². The van der Waals surface area contributed by atoms with Crippen molar-refractivity contribution >= 4 is 56.2 Å². The number of carbonyl (C=O) groups excluding carboxylic acids is 1. The maximum Gasteiger partial charge on any atom is 0.265 e. The quantitative estimate of drug-likeness (QED) is 0.289. The first-order chi connectivity index (χ1) is 14.4. The van der Waals surface area contributed by atoms with Crippen molar-refractivity contribution in [2.75, 3.05) is 34.5 Å². The molecular weight excluding hydrogens is 490 g/mol. The van der Waals surface area contributed by atoms with Crippen LogP contribution in [-0.4, -0.2) is 49.6 Å². The molecule has 0 N–H and O–H groups in total. The number of hydrogen-bond acceptors (Lipinski definition) is 7. The van der Waals surface area contributed by atoms with E-state index in [1.165, 1.54) is 16.7 Å². The summed E-state index contributed by atoms with van der Waals surface area (Å²) in [5.74, 6) is 2.30. The fourth-order valence-corrected chi connectivity index (χ4v) is 4.45. The number of benzene rings is 2. The number of nitrogens with zero attached hydrogens (tertiary/aromatic N) is 1. The van der Waals surface area contributed by atoms with Crippen molar-refractivity contribution in [3.8, 4) is 23.0 Å². The first kappa shape index (κ1) is 22.5. The van der Waals surface area contributed by atoms with Crippen molar-refractivity contribution in [2.24, 2.45) is 0 Å². The molecule has 9 heteroatoms. The predicted molar refractivity (Wildman–Crippen MR) is 126 cm³/mol. The molecule has 0 spiro atoms. The van der Waals surface area contributed by atoms with Crippen LogP contribution in [0, 0.1) is 0 Å². The predicted octanol–water partition coefficient (Wildman–Crippen LogP) is 4.76. The third-order valence-corrected chi connectivity index (χ3v) is 6.27. The van der Waals surface area contributed by atoms with Gasteiger partial charge in [0.25, 0.3) is 5.91 Å². The molecule has 0 saturated carbocycles. The molecule has 2 aromatic rings. The number of thioether (sulfide) groups is 1. The number of thiocarbonyl (C=S) groups is 1. The van der Waals surface area contributed by atoms with Crippen LogP contribution in [0.1, 0.15) is 5.56 Å². The summed E-state index contributed by atoms with van der Waals surface area (Å²) in [5, 5.41) is 0. The third-order valence-electron chi connectivity index (χ3n) is 4.19. The second kappa shape index (κ2) is 10.2. The Morgan fingerprint density at radius 3 is 2.37 bits per heavy atom. The van der Waals surface area contributed by atoms with Crippen LogP contribution in [0.5, 0.6) is 23.0 Å². The number of halogens is 1. The van der Waals surface area contributed by atoms with Gasteiger partial charge in [0.05, 0.1) is 23.6 Å². The Kier molecular flexibility index (Phi) is 7.63. The Balaban J connectivity index is 1.69. The molecule has 0 radical (unpaired) electrons. The molecule has 0 atom stereocenters. The van der Waals surface area contributed by atoms with Crippen LogP contribution >= 0.6 is 39.9 Å². The minimum absolute atomic E-state index is 0.117. The summed E-state index contributed by atoms with van der Waals surface area (Å²) in [4.78, 5) is 14.2. The zero-order chi connectivity index (χ0) is 21.7. The lowest BCUT2D eigenvalue weighted by Gasteiger charge is -2.15. The number of methoxy groups -OCH3 is 2. The summed E-state index contributed by atoms with van der Waals surface area (Å²) in [6.45, 7) is 0.636. The van der Waals surface area contributed by atoms with E-state index in [1.54, 1.807) is 27.3 Å². The van der Waals surface area contributed by atoms with Crippen LogP contribution in [0.15, 0.2) is 45.8 Å². The zero-order valence-corrected chi connectivity index (χ0v) is 19.9. The van der Waals surface area contributed by atoms with Gasteiger partial charge in [-0.15, -0.1) is 0 Å². The minimum atomic E-state index is -0.117. The van der Waals surface area contributed by atoms with Crippen LogP contribution in [0.25, 0.3) is 6.08 Å². The van der Waals surface area contributed by atoms with E-state index < -0.39 is 0 Å². The Morgan fingerprint density at radius 2 is 1.73 bits per heavy atom. The summed E-state index contributed by atoms with van der Waals surface area (Å²) < 4.78 is 23.6. The van der Waals surface area contributed by atoms with Crippen molar-refractivity contribution in [1.82, 2.24) is 4.90 Å². The maximum absolute atomic E-state index is 12.2. The van der Waals surface area contributed by atoms with Crippen molar-refractivity contribution in [3.05, 3.63) is 51.3 Å². The second-order valence-electron chi connectivity index (χ2n) is 6.12. The van der Waals surface area contributed by atoms with Gasteiger partial charge in [-0.25, -0.2) is 0 Å². The summed E-state index contributed by atoms with van der Waals surface area (Å²) in [6, 6.07) is 11.1. The van der Waals surface area contributed by atoms with E-state index in [0.717, 1.165) is 5.56 Å². The zero-order valence-electron chi connectivity index (χ0n) is 16.6. The lowest BCUT2D eigenvalue weighted by Crippen LogP contribution is -2.22. The van der Waals surface area contributed by atoms with Crippen LogP contribution in [0.2, 0.25) is 0 Å². The molecule has 0 aliphatic carbocycles. The Morgan fingerprint density at radius 1 is 1.07 bits per heavy atom. The molecule has 0 bridgehead atoms. The van der Waals surface area contributed by atoms with Crippen LogP contribution in [0.3, 0.4) is 0 Å². The fraction of sp³-hybridized carbons (Fsp3) is 0.238. The monoisotopic (exact) mass is 509 g/mol. The largest absolute Gasteiger partial charge is 0.493 e. The fourth-order valence-electron chi connectivity index (χ4n) is 2.69. The highest BCUT2D eigenvalue weighted by atomic mass is 79.9. The summed E-state index contributed by atoms with van der Waals surface area (Å²) in [6.07, 6.45) is 1.78. The molecule has 3 rings (SSSR count). The molecule has 1 fully saturated rings. The van der Waals surface area contributed by atoms with E-state index in [4.69, 9.17) is 31.2 Å². The lowest BCUT2D eigenvalue weighted by atomic mass is 10.2. The SMILES string of the molecule is COc1ccccc1OCCOc1c(Br)cc(C=C2SC(=S)N(C)C2=O)cc1OC. The number of amides is 1. The average Bonchev–Trinajstić information content (AvgIpc) is 2.98. The van der Waals surface area contributed by atoms with Gasteiger partial charge in [-0.3, -0.25) is 9.69 Å². The lowest BCUT2D eigenvalue weighted by molar-refractivity contribution is -0.121. The van der Waals surface area contributed by atoms with Crippen molar-refractivity contribution in [1.29, 1.82) is 0 Å². The van der Waals surface area contributed by atoms with Gasteiger partial charge in [-0.05, 0) is 51.8 Å². The second-order valence-corrected chi connectivity index (χ2v) is 8.65. The van der Waals surface area contributed by atoms with Gasteiger partial charge in [0, 0.05) is 7.05 Å². The highest BCUT2D eigenvalue weighted by Gasteiger charge is 2.28. The Hall–Kier alpha value is -2.23. The highest BCUT2D eigenvalue weighted by molar-refractivity contribution is 9.10. The average molecular weight is 510 g/mol. The van der Waals surface area contributed by atoms with Crippen LogP contribution in [0.4, 0.5) is 0 Å². The van der Waals surface area contributed by atoms with E-state index in [-0.39, 0.29) is 5.91 Å². The topological polar surface area (TPSA) is 57.2 Å². The number of ether oxygens (including phenoxy) is 4. The van der Waals surface area contributed by atoms with Gasteiger partial charge in [0.15, 0.2) is 23.0 Å². The molecule has 1 aliphatic rings. The Bertz CT molecular complexity index is 995. The van der Waals surface area contributed by atoms with E-state index in [0.29, 0.717) is 49.9 Å². The summed E-state index contributed by atoms with van der Waals surface area (Å²) >= 11 is 9.97. The van der Waals surface area contributed by atoms with Crippen molar-refractivity contribution in [2.45, 2.75) is 0 Å². The highest BCUT2D eigenvalue weighted by Crippen LogP contribution is 2.39. The normalized spacial score (nSPS) is 14.9. The van der Waals surface area contributed by atoms with E-state index in [1.807, 2.05) is 36.4 Å². The van der Waals surface area contributed by atoms with E-state index >= 15 is 0 Å². The number of para-hydroxylation sites is 2. The van der Waals surface area contributed by atoms with Gasteiger partial charge in [0.2, 0.25) is 0 Å². The third kappa shape index (κ3) is 5.08. The van der Waals surface area contributed by atoms with Crippen LogP contribution < -0.4 is 18.9 Å². The number of rotatable bonds is 8. The number of likely N-dealkylation sites (N-methyl/N-ethyl adjacent to an activating group) is 1. The molecule has 6 nitrogen and oxygen atoms in total. The first-order valence-electron chi connectivity index (χ1n) is 8.92. The summed E-state index contributed by atoms with van der Waals surface area (Å²) in [5.41, 5.74) is 0.797. The first-order valence-corrected chi connectivity index (χ1v) is 10.9. The maximum atomic E-state index is 12.2. The summed E-state index contributed by atoms with van der Waals surface area (Å²) in [7, 11) is 4.83.